The third kappa shape index (κ3) is 4.05. The van der Waals surface area contributed by atoms with Crippen LogP contribution in [0.4, 0.5) is 0 Å². The Morgan fingerprint density at radius 2 is 1.79 bits per heavy atom. The van der Waals surface area contributed by atoms with Crippen LogP contribution in [0.2, 0.25) is 0 Å². The van der Waals surface area contributed by atoms with Crippen LogP contribution in [0.3, 0.4) is 0 Å². The molecular weight excluding hydrogens is 370 g/mol. The van der Waals surface area contributed by atoms with E-state index in [1.165, 1.54) is 11.1 Å². The Balaban J connectivity index is 1.49. The summed E-state index contributed by atoms with van der Waals surface area (Å²) in [5.41, 5.74) is 3.36. The Bertz CT molecular complexity index is 986. The summed E-state index contributed by atoms with van der Waals surface area (Å²) in [6.45, 7) is 4.84. The molecule has 0 atom stereocenters. The largest absolute Gasteiger partial charge is 0.493 e. The Kier molecular flexibility index (Phi) is 5.67. The van der Waals surface area contributed by atoms with Gasteiger partial charge in [0.1, 0.15) is 5.75 Å². The second kappa shape index (κ2) is 8.53. The summed E-state index contributed by atoms with van der Waals surface area (Å²) in [7, 11) is 3.32. The van der Waals surface area contributed by atoms with E-state index in [2.05, 4.69) is 27.2 Å². The normalized spacial score (nSPS) is 13.8. The molecule has 0 unspecified atom stereocenters. The van der Waals surface area contributed by atoms with Crippen LogP contribution in [-0.2, 0) is 19.5 Å². The molecule has 7 heteroatoms. The Morgan fingerprint density at radius 3 is 2.55 bits per heavy atom. The lowest BCUT2D eigenvalue weighted by molar-refractivity contribution is 0.210. The fourth-order valence-corrected chi connectivity index (χ4v) is 3.63. The number of benzene rings is 2. The highest BCUT2D eigenvalue weighted by Gasteiger charge is 2.22. The van der Waals surface area contributed by atoms with Crippen molar-refractivity contribution in [1.29, 1.82) is 0 Å². The van der Waals surface area contributed by atoms with E-state index < -0.39 is 0 Å². The monoisotopic (exact) mass is 395 g/mol. The molecule has 0 aliphatic carbocycles. The van der Waals surface area contributed by atoms with Crippen molar-refractivity contribution in [1.82, 2.24) is 15.0 Å². The summed E-state index contributed by atoms with van der Waals surface area (Å²) in [4.78, 5) is 6.88. The summed E-state index contributed by atoms with van der Waals surface area (Å²) >= 11 is 0. The number of aromatic nitrogens is 2. The molecule has 2 heterocycles. The predicted molar refractivity (Wildman–Crippen MR) is 108 cm³/mol. The lowest BCUT2D eigenvalue weighted by Crippen LogP contribution is -2.30. The molecule has 0 N–H and O–H groups in total. The topological polar surface area (TPSA) is 69.9 Å². The number of para-hydroxylation sites is 1. The Hall–Kier alpha value is -3.06. The fourth-order valence-electron chi connectivity index (χ4n) is 3.63. The van der Waals surface area contributed by atoms with Gasteiger partial charge in [0.25, 0.3) is 0 Å². The van der Waals surface area contributed by atoms with Crippen LogP contribution >= 0.6 is 0 Å². The third-order valence-electron chi connectivity index (χ3n) is 5.05. The lowest BCUT2D eigenvalue weighted by Gasteiger charge is -2.28. The zero-order valence-electron chi connectivity index (χ0n) is 17.0. The minimum Gasteiger partial charge on any atom is -0.493 e. The van der Waals surface area contributed by atoms with Gasteiger partial charge < -0.3 is 18.7 Å². The molecule has 4 rings (SSSR count). The first kappa shape index (κ1) is 19.3. The van der Waals surface area contributed by atoms with Gasteiger partial charge in [-0.3, -0.25) is 4.90 Å². The van der Waals surface area contributed by atoms with Gasteiger partial charge in [0.05, 0.1) is 32.9 Å². The highest BCUT2D eigenvalue weighted by molar-refractivity contribution is 5.63. The van der Waals surface area contributed by atoms with E-state index in [1.54, 1.807) is 14.2 Å². The van der Waals surface area contributed by atoms with Crippen LogP contribution in [0.1, 0.15) is 23.9 Å². The van der Waals surface area contributed by atoms with Crippen molar-refractivity contribution in [2.24, 2.45) is 0 Å². The molecule has 7 nitrogen and oxygen atoms in total. The van der Waals surface area contributed by atoms with Crippen LogP contribution in [0.5, 0.6) is 17.2 Å². The van der Waals surface area contributed by atoms with Crippen molar-refractivity contribution in [2.45, 2.75) is 26.4 Å². The van der Waals surface area contributed by atoms with Gasteiger partial charge in [-0.25, -0.2) is 0 Å². The van der Waals surface area contributed by atoms with Gasteiger partial charge in [-0.15, -0.1) is 0 Å². The van der Waals surface area contributed by atoms with E-state index in [1.807, 2.05) is 31.2 Å². The number of ether oxygens (including phenoxy) is 3. The minimum absolute atomic E-state index is 0.549. The predicted octanol–water partition coefficient (Wildman–Crippen LogP) is 3.71. The third-order valence-corrected chi connectivity index (χ3v) is 5.05. The summed E-state index contributed by atoms with van der Waals surface area (Å²) in [6.07, 6.45) is 0.934. The van der Waals surface area contributed by atoms with Crippen LogP contribution in [0.25, 0.3) is 11.4 Å². The van der Waals surface area contributed by atoms with Gasteiger partial charge in [0, 0.05) is 13.1 Å². The van der Waals surface area contributed by atoms with E-state index in [9.17, 15) is 0 Å². The van der Waals surface area contributed by atoms with Crippen LogP contribution in [-0.4, -0.2) is 42.4 Å². The number of hydrogen-bond acceptors (Lipinski definition) is 7. The second-order valence-corrected chi connectivity index (χ2v) is 6.88. The maximum atomic E-state index is 5.68. The molecule has 1 aliphatic heterocycles. The van der Waals surface area contributed by atoms with Gasteiger partial charge in [0.2, 0.25) is 11.7 Å². The van der Waals surface area contributed by atoms with E-state index >= 15 is 0 Å². The Morgan fingerprint density at radius 1 is 1.03 bits per heavy atom. The molecule has 29 heavy (non-hydrogen) atoms. The molecule has 0 radical (unpaired) electrons. The molecule has 3 aromatic rings. The van der Waals surface area contributed by atoms with Gasteiger partial charge in [-0.1, -0.05) is 17.3 Å². The average molecular weight is 395 g/mol. The quantitative estimate of drug-likeness (QED) is 0.604. The maximum absolute atomic E-state index is 5.68. The summed E-state index contributed by atoms with van der Waals surface area (Å²) in [5, 5.41) is 4.16. The molecule has 1 aromatic heterocycles. The Labute approximate surface area is 170 Å². The van der Waals surface area contributed by atoms with Crippen molar-refractivity contribution < 1.29 is 18.7 Å². The standard InChI is InChI=1S/C22H25N3O4/c1-4-28-18-8-6-5-7-17(18)22-23-21(29-24-22)14-25-10-9-15-11-19(26-2)20(27-3)12-16(15)13-25/h5-8,11-12H,4,9-10,13-14H2,1-3H3. The highest BCUT2D eigenvalue weighted by atomic mass is 16.5. The second-order valence-electron chi connectivity index (χ2n) is 6.88. The number of hydrogen-bond donors (Lipinski definition) is 0. The van der Waals surface area contributed by atoms with E-state index in [-0.39, 0.29) is 0 Å². The first-order valence-corrected chi connectivity index (χ1v) is 9.72. The van der Waals surface area contributed by atoms with Crippen molar-refractivity contribution >= 4 is 0 Å². The van der Waals surface area contributed by atoms with Crippen molar-refractivity contribution in [3.63, 3.8) is 0 Å². The summed E-state index contributed by atoms with van der Waals surface area (Å²) in [5.74, 6) is 3.42. The van der Waals surface area contributed by atoms with E-state index in [0.717, 1.165) is 42.3 Å². The van der Waals surface area contributed by atoms with Gasteiger partial charge in [-0.05, 0) is 48.7 Å². The molecule has 0 saturated carbocycles. The zero-order valence-corrected chi connectivity index (χ0v) is 17.0. The van der Waals surface area contributed by atoms with Crippen molar-refractivity contribution in [2.75, 3.05) is 27.4 Å². The van der Waals surface area contributed by atoms with Gasteiger partial charge in [0.15, 0.2) is 11.5 Å². The highest BCUT2D eigenvalue weighted by Crippen LogP contribution is 2.33. The number of rotatable bonds is 7. The van der Waals surface area contributed by atoms with Crippen LogP contribution in [0.15, 0.2) is 40.9 Å². The zero-order chi connectivity index (χ0) is 20.2. The molecule has 0 amide bonds. The van der Waals surface area contributed by atoms with Gasteiger partial charge >= 0.3 is 0 Å². The van der Waals surface area contributed by atoms with Crippen LogP contribution in [0, 0.1) is 0 Å². The number of nitrogens with zero attached hydrogens (tertiary/aromatic N) is 3. The van der Waals surface area contributed by atoms with E-state index in [0.29, 0.717) is 24.9 Å². The summed E-state index contributed by atoms with van der Waals surface area (Å²) < 4.78 is 22.1. The fraction of sp³-hybridized carbons (Fsp3) is 0.364. The lowest BCUT2D eigenvalue weighted by atomic mass is 9.99. The summed E-state index contributed by atoms with van der Waals surface area (Å²) in [6, 6.07) is 11.9. The number of methoxy groups -OCH3 is 2. The smallest absolute Gasteiger partial charge is 0.241 e. The molecule has 0 spiro atoms. The van der Waals surface area contributed by atoms with Gasteiger partial charge in [-0.2, -0.15) is 4.98 Å². The molecule has 0 saturated heterocycles. The maximum Gasteiger partial charge on any atom is 0.241 e. The van der Waals surface area contributed by atoms with Crippen LogP contribution < -0.4 is 14.2 Å². The molecule has 0 bridgehead atoms. The van der Waals surface area contributed by atoms with Crippen molar-refractivity contribution in [3.8, 4) is 28.6 Å². The SMILES string of the molecule is CCOc1ccccc1-c1noc(CN2CCc3cc(OC)c(OC)cc3C2)n1. The molecule has 1 aliphatic rings. The minimum atomic E-state index is 0.549. The number of fused-ring (bicyclic) bond motifs is 1. The first-order valence-electron chi connectivity index (χ1n) is 9.72. The first-order chi connectivity index (χ1) is 14.2. The molecular formula is C22H25N3O4. The average Bonchev–Trinajstić information content (AvgIpc) is 3.21. The molecule has 2 aromatic carbocycles. The molecule has 0 fully saturated rings. The van der Waals surface area contributed by atoms with E-state index in [4.69, 9.17) is 18.7 Å². The van der Waals surface area contributed by atoms with Crippen molar-refractivity contribution in [3.05, 3.63) is 53.4 Å². The molecule has 152 valence electrons.